The van der Waals surface area contributed by atoms with Crippen LogP contribution in [-0.2, 0) is 0 Å². The van der Waals surface area contributed by atoms with Gasteiger partial charge in [-0.2, -0.15) is 5.26 Å². The summed E-state index contributed by atoms with van der Waals surface area (Å²) >= 11 is 6.19. The normalized spacial score (nSPS) is 21.0. The molecule has 23 heavy (non-hydrogen) atoms. The first kappa shape index (κ1) is 16.6. The van der Waals surface area contributed by atoms with Crippen molar-refractivity contribution in [1.29, 1.82) is 5.26 Å². The van der Waals surface area contributed by atoms with Crippen molar-refractivity contribution in [2.24, 2.45) is 5.92 Å². The van der Waals surface area contributed by atoms with E-state index in [0.717, 1.165) is 31.8 Å². The van der Waals surface area contributed by atoms with Gasteiger partial charge in [-0.05, 0) is 62.9 Å². The summed E-state index contributed by atoms with van der Waals surface area (Å²) in [5.41, 5.74) is 0.569. The summed E-state index contributed by atoms with van der Waals surface area (Å²) in [5, 5.41) is 12.8. The number of nitrogens with zero attached hydrogens (tertiary/aromatic N) is 2. The third-order valence-electron chi connectivity index (χ3n) is 4.86. The van der Waals surface area contributed by atoms with E-state index >= 15 is 0 Å². The third kappa shape index (κ3) is 4.60. The Bertz CT molecular complexity index is 558. The molecule has 124 valence electrons. The van der Waals surface area contributed by atoms with Crippen molar-refractivity contribution >= 4 is 11.6 Å². The first-order valence-electron chi connectivity index (χ1n) is 8.54. The van der Waals surface area contributed by atoms with Crippen LogP contribution in [0, 0.1) is 17.2 Å². The molecule has 2 saturated heterocycles. The maximum absolute atomic E-state index is 8.88. The largest absolute Gasteiger partial charge is 0.489 e. The predicted molar refractivity (Wildman–Crippen MR) is 91.9 cm³/mol. The molecule has 1 aromatic carbocycles. The van der Waals surface area contributed by atoms with E-state index < -0.39 is 0 Å². The van der Waals surface area contributed by atoms with Gasteiger partial charge in [0.05, 0.1) is 16.7 Å². The lowest BCUT2D eigenvalue weighted by Gasteiger charge is -2.35. The minimum absolute atomic E-state index is 0.227. The van der Waals surface area contributed by atoms with Crippen LogP contribution in [0.4, 0.5) is 0 Å². The number of nitriles is 1. The number of likely N-dealkylation sites (tertiary alicyclic amines) is 1. The van der Waals surface area contributed by atoms with Crippen LogP contribution >= 0.6 is 11.6 Å². The van der Waals surface area contributed by atoms with E-state index in [9.17, 15) is 0 Å². The van der Waals surface area contributed by atoms with Crippen LogP contribution in [0.5, 0.6) is 5.75 Å². The summed E-state index contributed by atoms with van der Waals surface area (Å²) in [6, 6.07) is 7.33. The smallest absolute Gasteiger partial charge is 0.138 e. The first-order chi connectivity index (χ1) is 11.2. The maximum atomic E-state index is 8.88. The van der Waals surface area contributed by atoms with E-state index in [2.05, 4.69) is 16.3 Å². The summed E-state index contributed by atoms with van der Waals surface area (Å²) < 4.78 is 6.05. The molecule has 2 aliphatic rings. The van der Waals surface area contributed by atoms with Gasteiger partial charge in [-0.25, -0.2) is 0 Å². The minimum Gasteiger partial charge on any atom is -0.489 e. The number of benzene rings is 1. The van der Waals surface area contributed by atoms with Crippen LogP contribution in [0.3, 0.4) is 0 Å². The van der Waals surface area contributed by atoms with Crippen molar-refractivity contribution < 1.29 is 4.74 Å². The highest BCUT2D eigenvalue weighted by Gasteiger charge is 2.24. The van der Waals surface area contributed by atoms with Crippen LogP contribution in [0.25, 0.3) is 0 Å². The van der Waals surface area contributed by atoms with Crippen molar-refractivity contribution in [3.05, 3.63) is 28.8 Å². The Labute approximate surface area is 143 Å². The van der Waals surface area contributed by atoms with Gasteiger partial charge in [-0.1, -0.05) is 11.6 Å². The molecule has 2 heterocycles. The zero-order valence-electron chi connectivity index (χ0n) is 13.4. The lowest BCUT2D eigenvalue weighted by molar-refractivity contribution is 0.0873. The Morgan fingerprint density at radius 1 is 1.22 bits per heavy atom. The number of rotatable bonds is 4. The third-order valence-corrected chi connectivity index (χ3v) is 5.16. The molecule has 0 bridgehead atoms. The Morgan fingerprint density at radius 2 is 1.96 bits per heavy atom. The Balaban J connectivity index is 1.46. The van der Waals surface area contributed by atoms with E-state index in [1.807, 2.05) is 6.07 Å². The Morgan fingerprint density at radius 3 is 2.61 bits per heavy atom. The van der Waals surface area contributed by atoms with E-state index in [1.165, 1.54) is 32.5 Å². The van der Waals surface area contributed by atoms with Gasteiger partial charge in [0.1, 0.15) is 11.9 Å². The van der Waals surface area contributed by atoms with Gasteiger partial charge in [0.2, 0.25) is 0 Å². The Hall–Kier alpha value is -1.28. The fraction of sp³-hybridized carbons (Fsp3) is 0.611. The number of hydrogen-bond donors (Lipinski definition) is 1. The second-order valence-electron chi connectivity index (χ2n) is 6.57. The second-order valence-corrected chi connectivity index (χ2v) is 6.98. The summed E-state index contributed by atoms with van der Waals surface area (Å²) in [6.07, 6.45) is 4.92. The zero-order valence-corrected chi connectivity index (χ0v) is 14.2. The highest BCUT2D eigenvalue weighted by atomic mass is 35.5. The van der Waals surface area contributed by atoms with E-state index in [1.54, 1.807) is 12.1 Å². The highest BCUT2D eigenvalue weighted by Crippen LogP contribution is 2.28. The summed E-state index contributed by atoms with van der Waals surface area (Å²) in [7, 11) is 0. The second kappa shape index (κ2) is 8.01. The van der Waals surface area contributed by atoms with Gasteiger partial charge >= 0.3 is 0 Å². The van der Waals surface area contributed by atoms with Crippen molar-refractivity contribution in [3.8, 4) is 11.8 Å². The average molecular weight is 334 g/mol. The fourth-order valence-electron chi connectivity index (χ4n) is 3.48. The SMILES string of the molecule is N#Cc1ccc(OC2CCN(CC3CCNCC3)CC2)c(Cl)c1. The van der Waals surface area contributed by atoms with Crippen LogP contribution in [-0.4, -0.2) is 43.7 Å². The highest BCUT2D eigenvalue weighted by molar-refractivity contribution is 6.32. The predicted octanol–water partition coefficient (Wildman–Crippen LogP) is 3.05. The molecule has 0 aromatic heterocycles. The van der Waals surface area contributed by atoms with Crippen molar-refractivity contribution in [2.45, 2.75) is 31.8 Å². The lowest BCUT2D eigenvalue weighted by Crippen LogP contribution is -2.42. The van der Waals surface area contributed by atoms with E-state index in [4.69, 9.17) is 21.6 Å². The molecule has 2 fully saturated rings. The summed E-state index contributed by atoms with van der Waals surface area (Å²) in [5.74, 6) is 1.55. The molecule has 0 saturated carbocycles. The molecular formula is C18H24ClN3O. The molecule has 3 rings (SSSR count). The van der Waals surface area contributed by atoms with Crippen molar-refractivity contribution in [3.63, 3.8) is 0 Å². The van der Waals surface area contributed by atoms with Crippen LogP contribution in [0.2, 0.25) is 5.02 Å². The first-order valence-corrected chi connectivity index (χ1v) is 8.92. The molecule has 1 aromatic rings. The molecule has 0 radical (unpaired) electrons. The molecule has 2 aliphatic heterocycles. The summed E-state index contributed by atoms with van der Waals surface area (Å²) in [6.45, 7) is 5.76. The van der Waals surface area contributed by atoms with Gasteiger partial charge in [0.15, 0.2) is 0 Å². The standard InChI is InChI=1S/C18H24ClN3O/c19-17-11-15(12-20)1-2-18(17)23-16-5-9-22(10-6-16)13-14-3-7-21-8-4-14/h1-2,11,14,16,21H,3-10,13H2. The zero-order chi connectivity index (χ0) is 16.1. The Kier molecular flexibility index (Phi) is 5.77. The van der Waals surface area contributed by atoms with Gasteiger partial charge in [0, 0.05) is 19.6 Å². The van der Waals surface area contributed by atoms with Crippen molar-refractivity contribution in [1.82, 2.24) is 10.2 Å². The quantitative estimate of drug-likeness (QED) is 0.920. The fourth-order valence-corrected chi connectivity index (χ4v) is 3.71. The van der Waals surface area contributed by atoms with Crippen molar-refractivity contribution in [2.75, 3.05) is 32.7 Å². The number of hydrogen-bond acceptors (Lipinski definition) is 4. The molecule has 1 N–H and O–H groups in total. The number of nitrogens with one attached hydrogen (secondary N) is 1. The molecule has 0 atom stereocenters. The monoisotopic (exact) mass is 333 g/mol. The average Bonchev–Trinajstić information content (AvgIpc) is 2.59. The van der Waals surface area contributed by atoms with E-state index in [-0.39, 0.29) is 6.10 Å². The van der Waals surface area contributed by atoms with Crippen LogP contribution in [0.1, 0.15) is 31.2 Å². The van der Waals surface area contributed by atoms with Gasteiger partial charge in [-0.3, -0.25) is 0 Å². The van der Waals surface area contributed by atoms with Gasteiger partial charge in [-0.15, -0.1) is 0 Å². The minimum atomic E-state index is 0.227. The number of piperidine rings is 2. The van der Waals surface area contributed by atoms with Crippen LogP contribution < -0.4 is 10.1 Å². The number of ether oxygens (including phenoxy) is 1. The van der Waals surface area contributed by atoms with E-state index in [0.29, 0.717) is 16.3 Å². The number of halogens is 1. The lowest BCUT2D eigenvalue weighted by atomic mass is 9.96. The summed E-state index contributed by atoms with van der Waals surface area (Å²) in [4.78, 5) is 2.58. The molecule has 4 nitrogen and oxygen atoms in total. The molecule has 0 unspecified atom stereocenters. The molecule has 0 spiro atoms. The molecular weight excluding hydrogens is 310 g/mol. The molecule has 0 amide bonds. The molecule has 0 aliphatic carbocycles. The topological polar surface area (TPSA) is 48.3 Å². The maximum Gasteiger partial charge on any atom is 0.138 e. The molecule has 5 heteroatoms. The van der Waals surface area contributed by atoms with Gasteiger partial charge < -0.3 is 15.0 Å². The van der Waals surface area contributed by atoms with Crippen LogP contribution in [0.15, 0.2) is 18.2 Å². The van der Waals surface area contributed by atoms with Gasteiger partial charge in [0.25, 0.3) is 0 Å².